The lowest BCUT2D eigenvalue weighted by Gasteiger charge is -2.11. The van der Waals surface area contributed by atoms with Crippen LogP contribution in [-0.2, 0) is 0 Å². The normalized spacial score (nSPS) is 10.2. The Morgan fingerprint density at radius 2 is 2.14 bits per heavy atom. The number of hydrogen-bond acceptors (Lipinski definition) is 5. The Kier molecular flexibility index (Phi) is 4.04. The van der Waals surface area contributed by atoms with E-state index in [1.54, 1.807) is 12.1 Å². The van der Waals surface area contributed by atoms with Crippen molar-refractivity contribution in [3.8, 4) is 0 Å². The van der Waals surface area contributed by atoms with Gasteiger partial charge < -0.3 is 10.4 Å². The molecule has 0 aliphatic carbocycles. The number of carbonyl (C=O) groups is 1. The maximum Gasteiger partial charge on any atom is 0.338 e. The number of carboxylic acid groups (broad SMARTS) is 1. The molecule has 0 aliphatic heterocycles. The van der Waals surface area contributed by atoms with Crippen LogP contribution in [0.4, 0.5) is 17.1 Å². The molecule has 0 radical (unpaired) electrons. The topological polar surface area (TPSA) is 105 Å². The second kappa shape index (κ2) is 5.76. The number of aromatic carboxylic acids is 1. The number of nitro groups is 1. The van der Waals surface area contributed by atoms with E-state index in [0.717, 1.165) is 17.8 Å². The van der Waals surface area contributed by atoms with Crippen LogP contribution < -0.4 is 5.32 Å². The van der Waals surface area contributed by atoms with Gasteiger partial charge in [0.25, 0.3) is 5.69 Å². The number of aromatic nitrogens is 1. The summed E-state index contributed by atoms with van der Waals surface area (Å²) >= 11 is 5.95. The Bertz CT molecular complexity index is 716. The monoisotopic (exact) mass is 307 g/mol. The lowest BCUT2D eigenvalue weighted by molar-refractivity contribution is -0.384. The first kappa shape index (κ1) is 14.7. The highest BCUT2D eigenvalue weighted by atomic mass is 35.5. The molecule has 0 bridgehead atoms. The lowest BCUT2D eigenvalue weighted by Crippen LogP contribution is -2.05. The van der Waals surface area contributed by atoms with Crippen molar-refractivity contribution in [2.45, 2.75) is 6.92 Å². The van der Waals surface area contributed by atoms with E-state index in [-0.39, 0.29) is 22.0 Å². The number of rotatable bonds is 4. The summed E-state index contributed by atoms with van der Waals surface area (Å²) in [7, 11) is 0. The average Bonchev–Trinajstić information content (AvgIpc) is 2.42. The summed E-state index contributed by atoms with van der Waals surface area (Å²) in [4.78, 5) is 25.4. The van der Waals surface area contributed by atoms with Gasteiger partial charge in [-0.3, -0.25) is 15.1 Å². The minimum Gasteiger partial charge on any atom is -0.478 e. The third-order valence-electron chi connectivity index (χ3n) is 2.70. The number of carboxylic acids is 1. The van der Waals surface area contributed by atoms with Crippen LogP contribution in [0, 0.1) is 17.0 Å². The molecule has 1 aromatic heterocycles. The van der Waals surface area contributed by atoms with Crippen molar-refractivity contribution in [1.82, 2.24) is 4.98 Å². The van der Waals surface area contributed by atoms with Crippen molar-refractivity contribution in [3.05, 3.63) is 56.9 Å². The molecule has 0 amide bonds. The zero-order valence-corrected chi connectivity index (χ0v) is 11.6. The average molecular weight is 308 g/mol. The molecule has 21 heavy (non-hydrogen) atoms. The molecule has 0 saturated heterocycles. The summed E-state index contributed by atoms with van der Waals surface area (Å²) in [6, 6.07) is 5.49. The molecular formula is C13H10ClN3O4. The molecule has 108 valence electrons. The molecule has 7 nitrogen and oxygen atoms in total. The first-order valence-electron chi connectivity index (χ1n) is 5.79. The summed E-state index contributed by atoms with van der Waals surface area (Å²) in [6.45, 7) is 1.81. The number of benzene rings is 1. The largest absolute Gasteiger partial charge is 0.478 e. The van der Waals surface area contributed by atoms with Crippen LogP contribution in [0.15, 0.2) is 30.5 Å². The maximum absolute atomic E-state index is 11.3. The van der Waals surface area contributed by atoms with E-state index in [4.69, 9.17) is 11.6 Å². The van der Waals surface area contributed by atoms with Gasteiger partial charge in [-0.25, -0.2) is 4.79 Å². The Morgan fingerprint density at radius 3 is 2.67 bits per heavy atom. The van der Waals surface area contributed by atoms with Crippen LogP contribution in [0.1, 0.15) is 16.1 Å². The quantitative estimate of drug-likeness (QED) is 0.662. The van der Waals surface area contributed by atoms with Crippen LogP contribution in [0.2, 0.25) is 5.02 Å². The summed E-state index contributed by atoms with van der Waals surface area (Å²) in [5.74, 6) is -1.32. The highest BCUT2D eigenvalue weighted by Gasteiger charge is 2.20. The van der Waals surface area contributed by atoms with Crippen molar-refractivity contribution >= 4 is 34.6 Å². The Morgan fingerprint density at radius 1 is 1.43 bits per heavy atom. The maximum atomic E-state index is 11.3. The van der Waals surface area contributed by atoms with E-state index < -0.39 is 10.9 Å². The highest BCUT2D eigenvalue weighted by Crippen LogP contribution is 2.33. The number of anilines is 2. The third kappa shape index (κ3) is 3.26. The minimum atomic E-state index is -1.32. The molecule has 0 aliphatic rings. The standard InChI is InChI=1S/C13H10ClN3O4/c1-7-2-3-8(6-15-7)16-12-10(13(18)19)4-9(17(20)21)5-11(12)14/h2-6,16H,1H3,(H,18,19). The third-order valence-corrected chi connectivity index (χ3v) is 3.00. The van der Waals surface area contributed by atoms with E-state index in [9.17, 15) is 20.0 Å². The van der Waals surface area contributed by atoms with Crippen LogP contribution in [-0.4, -0.2) is 21.0 Å². The van der Waals surface area contributed by atoms with E-state index in [0.29, 0.717) is 5.69 Å². The van der Waals surface area contributed by atoms with Gasteiger partial charge in [-0.2, -0.15) is 0 Å². The Balaban J connectivity index is 2.49. The Hall–Kier alpha value is -2.67. The van der Waals surface area contributed by atoms with Gasteiger partial charge in [0.15, 0.2) is 0 Å². The first-order chi connectivity index (χ1) is 9.88. The van der Waals surface area contributed by atoms with Gasteiger partial charge in [0.05, 0.1) is 33.1 Å². The van der Waals surface area contributed by atoms with Gasteiger partial charge in [0, 0.05) is 17.8 Å². The fourth-order valence-electron chi connectivity index (χ4n) is 1.68. The van der Waals surface area contributed by atoms with Crippen LogP contribution in [0.5, 0.6) is 0 Å². The zero-order chi connectivity index (χ0) is 15.6. The fraction of sp³-hybridized carbons (Fsp3) is 0.0769. The molecule has 0 saturated carbocycles. The van der Waals surface area contributed by atoms with Crippen molar-refractivity contribution in [2.24, 2.45) is 0 Å². The van der Waals surface area contributed by atoms with Gasteiger partial charge in [0.2, 0.25) is 0 Å². The van der Waals surface area contributed by atoms with Crippen molar-refractivity contribution in [1.29, 1.82) is 0 Å². The molecule has 1 heterocycles. The lowest BCUT2D eigenvalue weighted by atomic mass is 10.1. The molecule has 1 aromatic carbocycles. The van der Waals surface area contributed by atoms with Crippen LogP contribution in [0.3, 0.4) is 0 Å². The second-order valence-electron chi connectivity index (χ2n) is 4.23. The predicted molar refractivity (Wildman–Crippen MR) is 77.3 cm³/mol. The van der Waals surface area contributed by atoms with E-state index >= 15 is 0 Å². The molecule has 0 fully saturated rings. The second-order valence-corrected chi connectivity index (χ2v) is 4.63. The number of nitro benzene ring substituents is 1. The van der Waals surface area contributed by atoms with Crippen molar-refractivity contribution in [2.75, 3.05) is 5.32 Å². The first-order valence-corrected chi connectivity index (χ1v) is 6.17. The molecule has 0 spiro atoms. The summed E-state index contributed by atoms with van der Waals surface area (Å²) < 4.78 is 0. The summed E-state index contributed by atoms with van der Waals surface area (Å²) in [5.41, 5.74) is 0.743. The zero-order valence-electron chi connectivity index (χ0n) is 10.8. The number of aryl methyl sites for hydroxylation is 1. The molecule has 0 atom stereocenters. The van der Waals surface area contributed by atoms with Crippen molar-refractivity contribution < 1.29 is 14.8 Å². The molecule has 0 unspecified atom stereocenters. The molecule has 8 heteroatoms. The number of nitrogens with zero attached hydrogens (tertiary/aromatic N) is 2. The number of halogens is 1. The molecular weight excluding hydrogens is 298 g/mol. The minimum absolute atomic E-state index is 0.0535. The van der Waals surface area contributed by atoms with E-state index in [2.05, 4.69) is 10.3 Å². The number of nitrogens with one attached hydrogen (secondary N) is 1. The van der Waals surface area contributed by atoms with E-state index in [1.807, 2.05) is 6.92 Å². The SMILES string of the molecule is Cc1ccc(Nc2c(Cl)cc([N+](=O)[O-])cc2C(=O)O)cn1. The fourth-order valence-corrected chi connectivity index (χ4v) is 1.94. The smallest absolute Gasteiger partial charge is 0.338 e. The number of hydrogen-bond donors (Lipinski definition) is 2. The highest BCUT2D eigenvalue weighted by molar-refractivity contribution is 6.34. The molecule has 2 aromatic rings. The predicted octanol–water partition coefficient (Wildman–Crippen LogP) is 3.39. The van der Waals surface area contributed by atoms with Crippen LogP contribution in [0.25, 0.3) is 0 Å². The van der Waals surface area contributed by atoms with Gasteiger partial charge in [-0.1, -0.05) is 11.6 Å². The van der Waals surface area contributed by atoms with Gasteiger partial charge in [0.1, 0.15) is 0 Å². The van der Waals surface area contributed by atoms with Crippen LogP contribution >= 0.6 is 11.6 Å². The number of non-ortho nitro benzene ring substituents is 1. The Labute approximate surface area is 124 Å². The molecule has 2 N–H and O–H groups in total. The summed E-state index contributed by atoms with van der Waals surface area (Å²) in [6.07, 6.45) is 1.51. The van der Waals surface area contributed by atoms with Gasteiger partial charge in [-0.05, 0) is 19.1 Å². The number of pyridine rings is 1. The van der Waals surface area contributed by atoms with E-state index in [1.165, 1.54) is 6.20 Å². The molecule has 2 rings (SSSR count). The van der Waals surface area contributed by atoms with Gasteiger partial charge in [-0.15, -0.1) is 0 Å². The van der Waals surface area contributed by atoms with Crippen molar-refractivity contribution in [3.63, 3.8) is 0 Å². The van der Waals surface area contributed by atoms with Gasteiger partial charge >= 0.3 is 5.97 Å². The summed E-state index contributed by atoms with van der Waals surface area (Å²) in [5, 5.41) is 22.7.